The lowest BCUT2D eigenvalue weighted by atomic mass is 10.1. The van der Waals surface area contributed by atoms with Crippen LogP contribution >= 0.6 is 0 Å². The van der Waals surface area contributed by atoms with E-state index in [9.17, 15) is 18.0 Å². The number of carbonyl (C=O) groups is 2. The fourth-order valence-electron chi connectivity index (χ4n) is 3.83. The highest BCUT2D eigenvalue weighted by molar-refractivity contribution is 7.89. The normalized spacial score (nSPS) is 15.2. The van der Waals surface area contributed by atoms with E-state index in [1.54, 1.807) is 17.0 Å². The molecule has 1 atom stereocenters. The Bertz CT molecular complexity index is 1180. The largest absolute Gasteiger partial charge is 0.493 e. The van der Waals surface area contributed by atoms with E-state index in [-0.39, 0.29) is 22.4 Å². The summed E-state index contributed by atoms with van der Waals surface area (Å²) in [6.07, 6.45) is 1.43. The van der Waals surface area contributed by atoms with Gasteiger partial charge in [0, 0.05) is 24.2 Å². The van der Waals surface area contributed by atoms with Crippen molar-refractivity contribution >= 4 is 27.5 Å². The van der Waals surface area contributed by atoms with Crippen molar-refractivity contribution < 1.29 is 27.5 Å². The summed E-state index contributed by atoms with van der Waals surface area (Å²) in [4.78, 5) is 28.2. The second-order valence-corrected chi connectivity index (χ2v) is 10.4. The number of hydrogen-bond acceptors (Lipinski definition) is 6. The number of amides is 2. The Kier molecular flexibility index (Phi) is 7.83. The van der Waals surface area contributed by atoms with Gasteiger partial charge in [-0.15, -0.1) is 4.83 Å². The van der Waals surface area contributed by atoms with Gasteiger partial charge < -0.3 is 14.4 Å². The molecular formula is C24H31N3O6S. The predicted octanol–water partition coefficient (Wildman–Crippen LogP) is 3.04. The molecule has 3 rings (SSSR count). The van der Waals surface area contributed by atoms with Gasteiger partial charge in [-0.25, -0.2) is 8.42 Å². The third-order valence-corrected chi connectivity index (χ3v) is 6.84. The van der Waals surface area contributed by atoms with E-state index in [1.807, 2.05) is 6.92 Å². The van der Waals surface area contributed by atoms with Crippen molar-refractivity contribution in [3.05, 3.63) is 47.5 Å². The molecule has 9 nitrogen and oxygen atoms in total. The molecule has 1 unspecified atom stereocenters. The molecule has 2 aromatic rings. The van der Waals surface area contributed by atoms with Crippen molar-refractivity contribution in [2.45, 2.75) is 51.5 Å². The fourth-order valence-corrected chi connectivity index (χ4v) is 4.72. The van der Waals surface area contributed by atoms with Crippen LogP contribution in [0.1, 0.15) is 50.0 Å². The molecule has 0 saturated heterocycles. The first-order chi connectivity index (χ1) is 16.0. The lowest BCUT2D eigenvalue weighted by Gasteiger charge is -2.20. The average molecular weight is 490 g/mol. The lowest BCUT2D eigenvalue weighted by Crippen LogP contribution is -2.41. The number of carbonyl (C=O) groups excluding carboxylic acids is 2. The van der Waals surface area contributed by atoms with Crippen LogP contribution in [-0.2, 0) is 21.2 Å². The van der Waals surface area contributed by atoms with Crippen molar-refractivity contribution in [2.75, 3.05) is 18.6 Å². The minimum Gasteiger partial charge on any atom is -0.493 e. The number of fused-ring (bicyclic) bond motifs is 1. The standard InChI is InChI=1S/C24H31N3O6S/c1-15(2)10-11-33-22-9-6-18(14-23(22)32-5)24(29)25-26-34(30,31)20-7-8-21-19(13-20)12-16(3)27(21)17(4)28/h6-9,13-16,26H,10-12H2,1-5H3,(H,25,29). The van der Waals surface area contributed by atoms with Gasteiger partial charge in [0.25, 0.3) is 15.9 Å². The Morgan fingerprint density at radius 1 is 1.15 bits per heavy atom. The first-order valence-electron chi connectivity index (χ1n) is 11.1. The van der Waals surface area contributed by atoms with E-state index in [0.29, 0.717) is 36.1 Å². The van der Waals surface area contributed by atoms with Gasteiger partial charge in [-0.3, -0.25) is 15.0 Å². The van der Waals surface area contributed by atoms with E-state index in [4.69, 9.17) is 9.47 Å². The number of nitrogens with one attached hydrogen (secondary N) is 2. The van der Waals surface area contributed by atoms with Gasteiger partial charge in [0.05, 0.1) is 18.6 Å². The van der Waals surface area contributed by atoms with E-state index >= 15 is 0 Å². The molecule has 184 valence electrons. The number of benzene rings is 2. The summed E-state index contributed by atoms with van der Waals surface area (Å²) in [6.45, 7) is 8.09. The molecule has 10 heteroatoms. The summed E-state index contributed by atoms with van der Waals surface area (Å²) in [7, 11) is -2.56. The Hall–Kier alpha value is -3.11. The number of hydrazine groups is 1. The molecule has 2 N–H and O–H groups in total. The summed E-state index contributed by atoms with van der Waals surface area (Å²) >= 11 is 0. The number of ether oxygens (including phenoxy) is 2. The van der Waals surface area contributed by atoms with Gasteiger partial charge in [0.15, 0.2) is 11.5 Å². The van der Waals surface area contributed by atoms with Crippen LogP contribution in [0.2, 0.25) is 0 Å². The fraction of sp³-hybridized carbons (Fsp3) is 0.417. The van der Waals surface area contributed by atoms with Crippen molar-refractivity contribution in [3.63, 3.8) is 0 Å². The molecular weight excluding hydrogens is 458 g/mol. The number of hydrogen-bond donors (Lipinski definition) is 2. The summed E-state index contributed by atoms with van der Waals surface area (Å²) in [5.74, 6) is 0.632. The molecule has 2 aromatic carbocycles. The third kappa shape index (κ3) is 5.68. The zero-order chi connectivity index (χ0) is 25.0. The summed E-state index contributed by atoms with van der Waals surface area (Å²) in [5.41, 5.74) is 3.90. The number of sulfonamides is 1. The number of rotatable bonds is 9. The molecule has 1 heterocycles. The average Bonchev–Trinajstić information content (AvgIpc) is 3.12. The molecule has 0 aliphatic carbocycles. The van der Waals surface area contributed by atoms with Crippen LogP contribution < -0.4 is 24.6 Å². The topological polar surface area (TPSA) is 114 Å². The quantitative estimate of drug-likeness (QED) is 0.524. The van der Waals surface area contributed by atoms with Crippen LogP contribution in [0, 0.1) is 5.92 Å². The third-order valence-electron chi connectivity index (χ3n) is 5.59. The highest BCUT2D eigenvalue weighted by Gasteiger charge is 2.30. The van der Waals surface area contributed by atoms with Crippen molar-refractivity contribution in [1.82, 2.24) is 10.3 Å². The maximum absolute atomic E-state index is 12.8. The van der Waals surface area contributed by atoms with E-state index in [0.717, 1.165) is 12.0 Å². The zero-order valence-electron chi connectivity index (χ0n) is 20.0. The molecule has 2 amide bonds. The van der Waals surface area contributed by atoms with E-state index < -0.39 is 15.9 Å². The zero-order valence-corrected chi connectivity index (χ0v) is 20.9. The Labute approximate surface area is 200 Å². The minimum atomic E-state index is -4.03. The molecule has 1 aliphatic heterocycles. The van der Waals surface area contributed by atoms with Gasteiger partial charge in [-0.05, 0) is 67.6 Å². The van der Waals surface area contributed by atoms with E-state index in [1.165, 1.54) is 38.3 Å². The SMILES string of the molecule is COc1cc(C(=O)NNS(=O)(=O)c2ccc3c(c2)CC(C)N3C(C)=O)ccc1OCCC(C)C. The van der Waals surface area contributed by atoms with Gasteiger partial charge in [0.1, 0.15) is 0 Å². The Balaban J connectivity index is 1.69. The molecule has 34 heavy (non-hydrogen) atoms. The van der Waals surface area contributed by atoms with E-state index in [2.05, 4.69) is 24.1 Å². The maximum atomic E-state index is 12.8. The second-order valence-electron chi connectivity index (χ2n) is 8.69. The van der Waals surface area contributed by atoms with Gasteiger partial charge in [0.2, 0.25) is 5.91 Å². The van der Waals surface area contributed by atoms with Crippen molar-refractivity contribution in [1.29, 1.82) is 0 Å². The predicted molar refractivity (Wildman–Crippen MR) is 128 cm³/mol. The molecule has 1 aliphatic rings. The smallest absolute Gasteiger partial charge is 0.266 e. The van der Waals surface area contributed by atoms with Crippen LogP contribution in [0.25, 0.3) is 0 Å². The summed E-state index contributed by atoms with van der Waals surface area (Å²) in [5, 5.41) is 0. The highest BCUT2D eigenvalue weighted by atomic mass is 32.2. The Morgan fingerprint density at radius 2 is 1.88 bits per heavy atom. The van der Waals surface area contributed by atoms with Crippen molar-refractivity contribution in [2.24, 2.45) is 5.92 Å². The summed E-state index contributed by atoms with van der Waals surface area (Å²) in [6, 6.07) is 9.13. The lowest BCUT2D eigenvalue weighted by molar-refractivity contribution is -0.116. The molecule has 0 saturated carbocycles. The van der Waals surface area contributed by atoms with Crippen LogP contribution in [-0.4, -0.2) is 40.0 Å². The second kappa shape index (κ2) is 10.4. The van der Waals surface area contributed by atoms with Crippen LogP contribution in [0.5, 0.6) is 11.5 Å². The molecule has 0 fully saturated rings. The van der Waals surface area contributed by atoms with Crippen LogP contribution in [0.15, 0.2) is 41.3 Å². The first-order valence-corrected chi connectivity index (χ1v) is 12.6. The summed E-state index contributed by atoms with van der Waals surface area (Å²) < 4.78 is 36.6. The van der Waals surface area contributed by atoms with Crippen LogP contribution in [0.4, 0.5) is 5.69 Å². The number of anilines is 1. The number of nitrogens with zero attached hydrogens (tertiary/aromatic N) is 1. The Morgan fingerprint density at radius 3 is 2.53 bits per heavy atom. The molecule has 0 radical (unpaired) electrons. The first kappa shape index (κ1) is 25.5. The highest BCUT2D eigenvalue weighted by Crippen LogP contribution is 2.34. The van der Waals surface area contributed by atoms with Gasteiger partial charge in [-0.1, -0.05) is 13.8 Å². The monoisotopic (exact) mass is 489 g/mol. The molecule has 0 spiro atoms. The van der Waals surface area contributed by atoms with Gasteiger partial charge >= 0.3 is 0 Å². The van der Waals surface area contributed by atoms with Gasteiger partial charge in [-0.2, -0.15) is 0 Å². The minimum absolute atomic E-state index is 0.00404. The number of methoxy groups -OCH3 is 1. The van der Waals surface area contributed by atoms with Crippen molar-refractivity contribution in [3.8, 4) is 11.5 Å². The molecule has 0 aromatic heterocycles. The van der Waals surface area contributed by atoms with Crippen LogP contribution in [0.3, 0.4) is 0 Å². The molecule has 0 bridgehead atoms. The maximum Gasteiger partial charge on any atom is 0.266 e.